The van der Waals surface area contributed by atoms with E-state index in [1.165, 1.54) is 16.8 Å². The van der Waals surface area contributed by atoms with E-state index in [0.29, 0.717) is 12.1 Å². The van der Waals surface area contributed by atoms with E-state index in [4.69, 9.17) is 4.74 Å². The Morgan fingerprint density at radius 2 is 1.81 bits per heavy atom. The topological polar surface area (TPSA) is 30.3 Å². The maximum Gasteiger partial charge on any atom is 0.257 e. The molecule has 0 N–H and O–H groups in total. The Morgan fingerprint density at radius 1 is 1.12 bits per heavy atom. The monoisotopic (exact) mass is 445 g/mol. The minimum absolute atomic E-state index is 0.208. The van der Waals surface area contributed by atoms with E-state index in [-0.39, 0.29) is 17.3 Å². The van der Waals surface area contributed by atoms with E-state index in [1.54, 1.807) is 6.20 Å². The summed E-state index contributed by atoms with van der Waals surface area (Å²) in [5.74, 6) is -0.249. The third-order valence-corrected chi connectivity index (χ3v) is 6.67. The van der Waals surface area contributed by atoms with Gasteiger partial charge in [-0.1, -0.05) is 18.2 Å². The largest absolute Gasteiger partial charge is 0.373 e. The molecule has 2 heterocycles. The number of halogens is 3. The number of piperidine rings is 1. The van der Waals surface area contributed by atoms with Gasteiger partial charge in [0, 0.05) is 16.4 Å². The van der Waals surface area contributed by atoms with Crippen molar-refractivity contribution in [3.8, 4) is 0 Å². The van der Waals surface area contributed by atoms with Gasteiger partial charge in [0.2, 0.25) is 0 Å². The van der Waals surface area contributed by atoms with E-state index in [9.17, 15) is 13.2 Å². The smallest absolute Gasteiger partial charge is 0.257 e. The molecule has 4 rings (SSSR count). The fourth-order valence-electron chi connectivity index (χ4n) is 4.74. The van der Waals surface area contributed by atoms with Crippen molar-refractivity contribution in [1.29, 1.82) is 0 Å². The predicted molar refractivity (Wildman–Crippen MR) is 120 cm³/mol. The summed E-state index contributed by atoms with van der Waals surface area (Å²) in [6.45, 7) is 5.85. The molecular formula is C25H30F3N3O. The van der Waals surface area contributed by atoms with Crippen LogP contribution < -0.4 is 0 Å². The second kappa shape index (κ2) is 9.24. The minimum atomic E-state index is -2.48. The number of aromatic nitrogens is 2. The molecule has 32 heavy (non-hydrogen) atoms. The van der Waals surface area contributed by atoms with Crippen molar-refractivity contribution in [3.05, 3.63) is 65.1 Å². The Labute approximate surface area is 187 Å². The van der Waals surface area contributed by atoms with E-state index in [2.05, 4.69) is 17.0 Å². The Bertz CT molecular complexity index is 1060. The highest BCUT2D eigenvalue weighted by molar-refractivity contribution is 5.83. The van der Waals surface area contributed by atoms with Gasteiger partial charge in [-0.15, -0.1) is 0 Å². The molecule has 1 aliphatic rings. The molecule has 1 aromatic heterocycles. The maximum absolute atomic E-state index is 13.6. The van der Waals surface area contributed by atoms with E-state index < -0.39 is 13.0 Å². The fraction of sp³-hybridized carbons (Fsp3) is 0.480. The molecule has 172 valence electrons. The Kier molecular flexibility index (Phi) is 6.58. The molecule has 3 aromatic rings. The average Bonchev–Trinajstić information content (AvgIpc) is 3.15. The molecule has 2 aromatic carbocycles. The lowest BCUT2D eigenvalue weighted by Crippen LogP contribution is -2.44. The standard InChI is InChI=1S/C25H30F3N3O/c1-17-12-19-14-29-31(15-23(27)28)24(19)22(13-17)18(2)32-16-25(8-10-30(3)11-9-25)20-4-6-21(26)7-5-20/h4-7,12-14,18,23H,8-11,15-16H2,1-3H3. The summed E-state index contributed by atoms with van der Waals surface area (Å²) in [7, 11) is 2.10. The van der Waals surface area contributed by atoms with Crippen LogP contribution in [0.3, 0.4) is 0 Å². The molecule has 1 unspecified atom stereocenters. The number of ether oxygens (including phenoxy) is 1. The fourth-order valence-corrected chi connectivity index (χ4v) is 4.74. The normalized spacial score (nSPS) is 17.8. The minimum Gasteiger partial charge on any atom is -0.373 e. The number of aryl methyl sites for hydroxylation is 1. The lowest BCUT2D eigenvalue weighted by molar-refractivity contribution is 0.00679. The van der Waals surface area contributed by atoms with Crippen LogP contribution in [0.4, 0.5) is 13.2 Å². The quantitative estimate of drug-likeness (QED) is 0.482. The van der Waals surface area contributed by atoms with Gasteiger partial charge in [0.05, 0.1) is 24.4 Å². The number of fused-ring (bicyclic) bond motifs is 1. The molecule has 0 aliphatic carbocycles. The molecule has 1 saturated heterocycles. The van der Waals surface area contributed by atoms with Crippen LogP contribution in [0.2, 0.25) is 0 Å². The average molecular weight is 446 g/mol. The Hall–Kier alpha value is -2.38. The van der Waals surface area contributed by atoms with Crippen LogP contribution in [0.15, 0.2) is 42.6 Å². The molecule has 1 aliphatic heterocycles. The summed E-state index contributed by atoms with van der Waals surface area (Å²) in [6, 6.07) is 10.7. The van der Waals surface area contributed by atoms with Gasteiger partial charge in [-0.3, -0.25) is 4.68 Å². The number of nitrogens with zero attached hydrogens (tertiary/aromatic N) is 3. The Morgan fingerprint density at radius 3 is 2.47 bits per heavy atom. The predicted octanol–water partition coefficient (Wildman–Crippen LogP) is 5.49. The van der Waals surface area contributed by atoms with Crippen molar-refractivity contribution in [2.75, 3.05) is 26.7 Å². The summed E-state index contributed by atoms with van der Waals surface area (Å²) in [5.41, 5.74) is 3.46. The van der Waals surface area contributed by atoms with Crippen LogP contribution in [-0.2, 0) is 16.7 Å². The zero-order valence-corrected chi connectivity index (χ0v) is 18.8. The van der Waals surface area contributed by atoms with Gasteiger partial charge in [-0.05, 0) is 76.2 Å². The van der Waals surface area contributed by atoms with Crippen LogP contribution >= 0.6 is 0 Å². The first-order valence-corrected chi connectivity index (χ1v) is 11.1. The van der Waals surface area contributed by atoms with Gasteiger partial charge in [-0.25, -0.2) is 13.2 Å². The number of hydrogen-bond acceptors (Lipinski definition) is 3. The first-order chi connectivity index (χ1) is 15.3. The molecule has 0 bridgehead atoms. The van der Waals surface area contributed by atoms with E-state index in [1.807, 2.05) is 38.1 Å². The molecule has 1 fully saturated rings. The summed E-state index contributed by atoms with van der Waals surface area (Å²) in [6.07, 6.45) is 0.674. The maximum atomic E-state index is 13.6. The SMILES string of the molecule is Cc1cc(C(C)OCC2(c3ccc(F)cc3)CCN(C)CC2)c2c(cnn2CC(F)F)c1. The number of hydrogen-bond donors (Lipinski definition) is 0. The van der Waals surface area contributed by atoms with Gasteiger partial charge in [0.15, 0.2) is 0 Å². The summed E-state index contributed by atoms with van der Waals surface area (Å²) in [4.78, 5) is 2.29. The number of likely N-dealkylation sites (tertiary alicyclic amines) is 1. The van der Waals surface area contributed by atoms with Crippen LogP contribution in [0.25, 0.3) is 10.9 Å². The summed E-state index contributed by atoms with van der Waals surface area (Å²) >= 11 is 0. The molecule has 7 heteroatoms. The Balaban J connectivity index is 1.62. The molecule has 0 radical (unpaired) electrons. The zero-order chi connectivity index (χ0) is 22.9. The lowest BCUT2D eigenvalue weighted by Gasteiger charge is -2.41. The first kappa shape index (κ1) is 22.8. The summed E-state index contributed by atoms with van der Waals surface area (Å²) in [5, 5.41) is 5.02. The molecular weight excluding hydrogens is 415 g/mol. The second-order valence-corrected chi connectivity index (χ2v) is 9.05. The van der Waals surface area contributed by atoms with Gasteiger partial charge in [0.1, 0.15) is 12.4 Å². The van der Waals surface area contributed by atoms with Crippen LogP contribution in [-0.4, -0.2) is 47.8 Å². The van der Waals surface area contributed by atoms with Gasteiger partial charge in [-0.2, -0.15) is 5.10 Å². The number of benzene rings is 2. The van der Waals surface area contributed by atoms with Gasteiger partial charge < -0.3 is 9.64 Å². The highest BCUT2D eigenvalue weighted by atomic mass is 19.3. The van der Waals surface area contributed by atoms with Gasteiger partial charge in [0.25, 0.3) is 6.43 Å². The van der Waals surface area contributed by atoms with Crippen molar-refractivity contribution in [1.82, 2.24) is 14.7 Å². The third-order valence-electron chi connectivity index (χ3n) is 6.67. The number of rotatable bonds is 7. The summed E-state index contributed by atoms with van der Waals surface area (Å²) < 4.78 is 47.6. The van der Waals surface area contributed by atoms with E-state index >= 15 is 0 Å². The highest BCUT2D eigenvalue weighted by Crippen LogP contribution is 2.38. The third kappa shape index (κ3) is 4.69. The number of alkyl halides is 2. The van der Waals surface area contributed by atoms with Crippen LogP contribution in [0.5, 0.6) is 0 Å². The highest BCUT2D eigenvalue weighted by Gasteiger charge is 2.36. The van der Waals surface area contributed by atoms with Crippen molar-refractivity contribution in [2.24, 2.45) is 0 Å². The second-order valence-electron chi connectivity index (χ2n) is 9.05. The van der Waals surface area contributed by atoms with Crippen LogP contribution in [0, 0.1) is 12.7 Å². The lowest BCUT2D eigenvalue weighted by atomic mass is 9.73. The van der Waals surface area contributed by atoms with Gasteiger partial charge >= 0.3 is 0 Å². The molecule has 1 atom stereocenters. The zero-order valence-electron chi connectivity index (χ0n) is 18.8. The molecule has 0 saturated carbocycles. The van der Waals surface area contributed by atoms with Crippen molar-refractivity contribution >= 4 is 10.9 Å². The molecule has 4 nitrogen and oxygen atoms in total. The van der Waals surface area contributed by atoms with Crippen molar-refractivity contribution < 1.29 is 17.9 Å². The molecule has 0 amide bonds. The van der Waals surface area contributed by atoms with Crippen molar-refractivity contribution in [3.63, 3.8) is 0 Å². The van der Waals surface area contributed by atoms with E-state index in [0.717, 1.165) is 48.0 Å². The van der Waals surface area contributed by atoms with Crippen molar-refractivity contribution in [2.45, 2.75) is 51.2 Å². The van der Waals surface area contributed by atoms with Crippen LogP contribution in [0.1, 0.15) is 42.6 Å². The first-order valence-electron chi connectivity index (χ1n) is 11.1. The molecule has 0 spiro atoms.